The summed E-state index contributed by atoms with van der Waals surface area (Å²) in [6, 6.07) is 0. The van der Waals surface area contributed by atoms with E-state index in [1.54, 1.807) is 0 Å². The SMILES string of the molecule is NCC1(C(=O)N2CCC(OCC3CC3)CC2)CCOCC1. The van der Waals surface area contributed by atoms with Crippen LogP contribution in [-0.4, -0.2) is 56.4 Å². The first-order chi connectivity index (χ1) is 10.2. The van der Waals surface area contributed by atoms with Crippen LogP contribution in [0.2, 0.25) is 0 Å². The number of carbonyl (C=O) groups is 1. The van der Waals surface area contributed by atoms with Gasteiger partial charge in [-0.05, 0) is 44.4 Å². The third kappa shape index (κ3) is 3.58. The lowest BCUT2D eigenvalue weighted by Crippen LogP contribution is -2.53. The molecule has 3 aliphatic rings. The van der Waals surface area contributed by atoms with E-state index >= 15 is 0 Å². The molecular formula is C16H28N2O3. The van der Waals surface area contributed by atoms with E-state index in [0.29, 0.717) is 25.9 Å². The van der Waals surface area contributed by atoms with Crippen molar-refractivity contribution in [2.24, 2.45) is 17.1 Å². The highest BCUT2D eigenvalue weighted by molar-refractivity contribution is 5.83. The van der Waals surface area contributed by atoms with Gasteiger partial charge in [0.2, 0.25) is 5.91 Å². The molecule has 0 spiro atoms. The maximum Gasteiger partial charge on any atom is 0.230 e. The zero-order valence-electron chi connectivity index (χ0n) is 12.9. The molecule has 2 heterocycles. The van der Waals surface area contributed by atoms with Gasteiger partial charge >= 0.3 is 0 Å². The summed E-state index contributed by atoms with van der Waals surface area (Å²) in [4.78, 5) is 14.8. The number of rotatable bonds is 5. The van der Waals surface area contributed by atoms with Crippen LogP contribution in [0, 0.1) is 11.3 Å². The largest absolute Gasteiger partial charge is 0.381 e. The number of ether oxygens (including phenoxy) is 2. The van der Waals surface area contributed by atoms with Gasteiger partial charge in [0.1, 0.15) is 0 Å². The summed E-state index contributed by atoms with van der Waals surface area (Å²) in [6.07, 6.45) is 6.47. The van der Waals surface area contributed by atoms with Gasteiger partial charge in [0, 0.05) is 39.5 Å². The quantitative estimate of drug-likeness (QED) is 0.827. The molecular weight excluding hydrogens is 268 g/mol. The summed E-state index contributed by atoms with van der Waals surface area (Å²) in [7, 11) is 0. The minimum absolute atomic E-state index is 0.244. The van der Waals surface area contributed by atoms with Crippen LogP contribution in [-0.2, 0) is 14.3 Å². The second-order valence-electron chi connectivity index (χ2n) is 6.87. The highest BCUT2D eigenvalue weighted by Gasteiger charge is 2.42. The smallest absolute Gasteiger partial charge is 0.230 e. The van der Waals surface area contributed by atoms with Gasteiger partial charge in [0.15, 0.2) is 0 Å². The third-order valence-corrected chi connectivity index (χ3v) is 5.29. The number of nitrogens with two attached hydrogens (primary N) is 1. The van der Waals surface area contributed by atoms with Crippen molar-refractivity contribution in [3.05, 3.63) is 0 Å². The lowest BCUT2D eigenvalue weighted by molar-refractivity contribution is -0.149. The van der Waals surface area contributed by atoms with E-state index in [-0.39, 0.29) is 11.3 Å². The molecule has 5 nitrogen and oxygen atoms in total. The van der Waals surface area contributed by atoms with E-state index < -0.39 is 0 Å². The Labute approximate surface area is 127 Å². The summed E-state index contributed by atoms with van der Waals surface area (Å²) >= 11 is 0. The molecule has 2 saturated heterocycles. The molecule has 0 aromatic heterocycles. The van der Waals surface area contributed by atoms with Crippen LogP contribution < -0.4 is 5.73 Å². The number of amides is 1. The van der Waals surface area contributed by atoms with Gasteiger partial charge in [-0.25, -0.2) is 0 Å². The van der Waals surface area contributed by atoms with E-state index in [1.807, 2.05) is 4.90 Å². The van der Waals surface area contributed by atoms with Gasteiger partial charge in [-0.3, -0.25) is 4.79 Å². The average Bonchev–Trinajstić information content (AvgIpc) is 3.38. The molecule has 0 aromatic rings. The number of hydrogen-bond donors (Lipinski definition) is 1. The van der Waals surface area contributed by atoms with Crippen molar-refractivity contribution in [1.29, 1.82) is 0 Å². The molecule has 1 aliphatic carbocycles. The Balaban J connectivity index is 1.49. The van der Waals surface area contributed by atoms with Crippen molar-refractivity contribution < 1.29 is 14.3 Å². The number of piperidine rings is 1. The van der Waals surface area contributed by atoms with E-state index in [0.717, 1.165) is 51.3 Å². The predicted octanol–water partition coefficient (Wildman–Crippen LogP) is 1.16. The number of likely N-dealkylation sites (tertiary alicyclic amines) is 1. The molecule has 1 saturated carbocycles. The summed E-state index contributed by atoms with van der Waals surface area (Å²) < 4.78 is 11.3. The zero-order valence-corrected chi connectivity index (χ0v) is 12.9. The fourth-order valence-electron chi connectivity index (χ4n) is 3.39. The second-order valence-corrected chi connectivity index (χ2v) is 6.87. The maximum atomic E-state index is 12.8. The van der Waals surface area contributed by atoms with Crippen molar-refractivity contribution in [2.45, 2.75) is 44.6 Å². The molecule has 3 fully saturated rings. The Kier molecular flexibility index (Phi) is 4.82. The molecule has 120 valence electrons. The average molecular weight is 296 g/mol. The Morgan fingerprint density at radius 2 is 1.86 bits per heavy atom. The van der Waals surface area contributed by atoms with Crippen LogP contribution in [0.1, 0.15) is 38.5 Å². The van der Waals surface area contributed by atoms with Crippen LogP contribution in [0.4, 0.5) is 0 Å². The molecule has 3 rings (SSSR count). The second kappa shape index (κ2) is 6.63. The fraction of sp³-hybridized carbons (Fsp3) is 0.938. The zero-order chi connectivity index (χ0) is 14.7. The van der Waals surface area contributed by atoms with Crippen LogP contribution >= 0.6 is 0 Å². The van der Waals surface area contributed by atoms with Crippen molar-refractivity contribution in [3.63, 3.8) is 0 Å². The standard InChI is InChI=1S/C16H28N2O3/c17-12-16(5-9-20-10-6-16)15(19)18-7-3-14(4-8-18)21-11-13-1-2-13/h13-14H,1-12,17H2. The van der Waals surface area contributed by atoms with Crippen molar-refractivity contribution in [2.75, 3.05) is 39.5 Å². The van der Waals surface area contributed by atoms with E-state index in [1.165, 1.54) is 12.8 Å². The monoisotopic (exact) mass is 296 g/mol. The van der Waals surface area contributed by atoms with E-state index in [9.17, 15) is 4.79 Å². The predicted molar refractivity (Wildman–Crippen MR) is 79.8 cm³/mol. The Morgan fingerprint density at radius 1 is 1.19 bits per heavy atom. The number of nitrogens with zero attached hydrogens (tertiary/aromatic N) is 1. The summed E-state index contributed by atoms with van der Waals surface area (Å²) in [5, 5.41) is 0. The lowest BCUT2D eigenvalue weighted by atomic mass is 9.78. The number of hydrogen-bond acceptors (Lipinski definition) is 4. The first-order valence-electron chi connectivity index (χ1n) is 8.42. The molecule has 21 heavy (non-hydrogen) atoms. The minimum atomic E-state index is -0.375. The van der Waals surface area contributed by atoms with Gasteiger partial charge in [0.05, 0.1) is 11.5 Å². The van der Waals surface area contributed by atoms with Crippen LogP contribution in [0.5, 0.6) is 0 Å². The minimum Gasteiger partial charge on any atom is -0.381 e. The third-order valence-electron chi connectivity index (χ3n) is 5.29. The Bertz CT molecular complexity index is 357. The normalized spacial score (nSPS) is 26.8. The molecule has 0 aromatic carbocycles. The molecule has 0 bridgehead atoms. The molecule has 0 atom stereocenters. The van der Waals surface area contributed by atoms with Crippen molar-refractivity contribution in [1.82, 2.24) is 4.90 Å². The van der Waals surface area contributed by atoms with Crippen LogP contribution in [0.25, 0.3) is 0 Å². The summed E-state index contributed by atoms with van der Waals surface area (Å²) in [6.45, 7) is 4.30. The van der Waals surface area contributed by atoms with Crippen LogP contribution in [0.15, 0.2) is 0 Å². The van der Waals surface area contributed by atoms with Crippen molar-refractivity contribution in [3.8, 4) is 0 Å². The summed E-state index contributed by atoms with van der Waals surface area (Å²) in [5.74, 6) is 1.06. The van der Waals surface area contributed by atoms with Gasteiger partial charge in [-0.15, -0.1) is 0 Å². The topological polar surface area (TPSA) is 64.8 Å². The molecule has 0 radical (unpaired) electrons. The first-order valence-corrected chi connectivity index (χ1v) is 8.42. The van der Waals surface area contributed by atoms with Gasteiger partial charge in [-0.1, -0.05) is 0 Å². The van der Waals surface area contributed by atoms with Gasteiger partial charge in [-0.2, -0.15) is 0 Å². The Morgan fingerprint density at radius 3 is 2.43 bits per heavy atom. The number of carbonyl (C=O) groups excluding carboxylic acids is 1. The molecule has 2 N–H and O–H groups in total. The Hall–Kier alpha value is -0.650. The summed E-state index contributed by atoms with van der Waals surface area (Å²) in [5.41, 5.74) is 5.56. The molecule has 1 amide bonds. The molecule has 5 heteroatoms. The van der Waals surface area contributed by atoms with Gasteiger partial charge in [0.25, 0.3) is 0 Å². The lowest BCUT2D eigenvalue weighted by Gasteiger charge is -2.41. The van der Waals surface area contributed by atoms with Crippen LogP contribution in [0.3, 0.4) is 0 Å². The molecule has 2 aliphatic heterocycles. The maximum absolute atomic E-state index is 12.8. The van der Waals surface area contributed by atoms with E-state index in [4.69, 9.17) is 15.2 Å². The highest BCUT2D eigenvalue weighted by Crippen LogP contribution is 2.33. The van der Waals surface area contributed by atoms with Gasteiger partial charge < -0.3 is 20.1 Å². The first kappa shape index (κ1) is 15.3. The van der Waals surface area contributed by atoms with E-state index in [2.05, 4.69) is 0 Å². The fourth-order valence-corrected chi connectivity index (χ4v) is 3.39. The van der Waals surface area contributed by atoms with Crippen molar-refractivity contribution >= 4 is 5.91 Å². The molecule has 0 unspecified atom stereocenters. The highest BCUT2D eigenvalue weighted by atomic mass is 16.5.